The van der Waals surface area contributed by atoms with Crippen LogP contribution in [-0.4, -0.2) is 28.6 Å². The van der Waals surface area contributed by atoms with Gasteiger partial charge in [0.2, 0.25) is 0 Å². The van der Waals surface area contributed by atoms with E-state index in [1.165, 1.54) is 11.3 Å². The van der Waals surface area contributed by atoms with Gasteiger partial charge in [0.15, 0.2) is 0 Å². The van der Waals surface area contributed by atoms with Crippen molar-refractivity contribution >= 4 is 28.9 Å². The van der Waals surface area contributed by atoms with Crippen LogP contribution in [0.15, 0.2) is 29.6 Å². The molecule has 3 rings (SSSR count). The van der Waals surface area contributed by atoms with E-state index in [0.29, 0.717) is 16.9 Å². The molecular formula is C17H18N2O4S. The van der Waals surface area contributed by atoms with Gasteiger partial charge in [0.25, 0.3) is 5.91 Å². The van der Waals surface area contributed by atoms with Crippen molar-refractivity contribution in [3.05, 3.63) is 45.9 Å². The Bertz CT molecular complexity index is 753. The molecule has 126 valence electrons. The molecule has 1 aliphatic heterocycles. The number of anilines is 1. The number of ether oxygens (including phenoxy) is 1. The third-order valence-electron chi connectivity index (χ3n) is 3.97. The number of carboxylic acid groups (broad SMARTS) is 1. The highest BCUT2D eigenvalue weighted by atomic mass is 32.1. The van der Waals surface area contributed by atoms with Crippen LogP contribution in [0.25, 0.3) is 0 Å². The number of thiazole rings is 1. The first-order valence-corrected chi connectivity index (χ1v) is 8.63. The van der Waals surface area contributed by atoms with E-state index in [1.807, 2.05) is 0 Å². The summed E-state index contributed by atoms with van der Waals surface area (Å²) in [6.07, 6.45) is 1.95. The van der Waals surface area contributed by atoms with Crippen LogP contribution in [0, 0.1) is 0 Å². The first kappa shape index (κ1) is 16.6. The molecule has 0 aliphatic carbocycles. The number of nitrogens with one attached hydrogen (secondary N) is 1. The lowest BCUT2D eigenvalue weighted by Crippen LogP contribution is -2.13. The standard InChI is InChI=1S/C17H18N2O4S/c1-10(17(21)22)11-4-2-5-12(8-11)18-15(20)13-9-24-16(19-13)14-6-3-7-23-14/h2,4-5,8-10,14H,3,6-7H2,1H3,(H,18,20)(H,21,22). The summed E-state index contributed by atoms with van der Waals surface area (Å²) in [6, 6.07) is 6.85. The molecular weight excluding hydrogens is 328 g/mol. The Labute approximate surface area is 143 Å². The van der Waals surface area contributed by atoms with Crippen LogP contribution in [0.5, 0.6) is 0 Å². The molecule has 7 heteroatoms. The van der Waals surface area contributed by atoms with Crippen molar-refractivity contribution < 1.29 is 19.4 Å². The van der Waals surface area contributed by atoms with Gasteiger partial charge < -0.3 is 15.2 Å². The maximum absolute atomic E-state index is 12.3. The zero-order valence-electron chi connectivity index (χ0n) is 13.2. The van der Waals surface area contributed by atoms with Gasteiger partial charge >= 0.3 is 5.97 Å². The van der Waals surface area contributed by atoms with Crippen molar-refractivity contribution in [3.63, 3.8) is 0 Å². The Morgan fingerprint density at radius 3 is 3.00 bits per heavy atom. The van der Waals surface area contributed by atoms with Gasteiger partial charge in [0.1, 0.15) is 16.8 Å². The van der Waals surface area contributed by atoms with Gasteiger partial charge in [-0.1, -0.05) is 12.1 Å². The smallest absolute Gasteiger partial charge is 0.310 e. The van der Waals surface area contributed by atoms with E-state index in [1.54, 1.807) is 36.6 Å². The number of amides is 1. The van der Waals surface area contributed by atoms with E-state index in [2.05, 4.69) is 10.3 Å². The number of hydrogen-bond donors (Lipinski definition) is 2. The van der Waals surface area contributed by atoms with Gasteiger partial charge in [-0.2, -0.15) is 0 Å². The minimum Gasteiger partial charge on any atom is -0.481 e. The lowest BCUT2D eigenvalue weighted by atomic mass is 10.0. The number of carboxylic acids is 1. The van der Waals surface area contributed by atoms with E-state index < -0.39 is 11.9 Å². The molecule has 1 aromatic carbocycles. The van der Waals surface area contributed by atoms with Gasteiger partial charge in [-0.25, -0.2) is 4.98 Å². The normalized spacial score (nSPS) is 18.3. The molecule has 2 atom stereocenters. The van der Waals surface area contributed by atoms with Crippen molar-refractivity contribution in [2.45, 2.75) is 31.8 Å². The van der Waals surface area contributed by atoms with E-state index in [0.717, 1.165) is 24.5 Å². The van der Waals surface area contributed by atoms with Crippen molar-refractivity contribution in [1.82, 2.24) is 4.98 Å². The number of aliphatic carboxylic acids is 1. The predicted molar refractivity (Wildman–Crippen MR) is 90.5 cm³/mol. The summed E-state index contributed by atoms with van der Waals surface area (Å²) >= 11 is 1.42. The maximum atomic E-state index is 12.3. The van der Waals surface area contributed by atoms with Crippen LogP contribution in [0.2, 0.25) is 0 Å². The molecule has 2 unspecified atom stereocenters. The summed E-state index contributed by atoms with van der Waals surface area (Å²) in [6.45, 7) is 2.35. The van der Waals surface area contributed by atoms with Crippen molar-refractivity contribution in [3.8, 4) is 0 Å². The zero-order valence-corrected chi connectivity index (χ0v) is 14.0. The molecule has 24 heavy (non-hydrogen) atoms. The molecule has 0 saturated carbocycles. The van der Waals surface area contributed by atoms with Gasteiger partial charge in [-0.3, -0.25) is 9.59 Å². The van der Waals surface area contributed by atoms with Crippen LogP contribution in [0.3, 0.4) is 0 Å². The molecule has 0 bridgehead atoms. The fourth-order valence-electron chi connectivity index (χ4n) is 2.54. The van der Waals surface area contributed by atoms with Crippen LogP contribution in [0.1, 0.15) is 52.8 Å². The Hall–Kier alpha value is -2.25. The minimum absolute atomic E-state index is 0.00343. The summed E-state index contributed by atoms with van der Waals surface area (Å²) < 4.78 is 5.58. The van der Waals surface area contributed by atoms with Gasteiger partial charge in [-0.05, 0) is 37.5 Å². The highest BCUT2D eigenvalue weighted by molar-refractivity contribution is 7.09. The third-order valence-corrected chi connectivity index (χ3v) is 4.91. The molecule has 2 N–H and O–H groups in total. The predicted octanol–water partition coefficient (Wildman–Crippen LogP) is 3.44. The second-order valence-electron chi connectivity index (χ2n) is 5.71. The van der Waals surface area contributed by atoms with E-state index in [9.17, 15) is 9.59 Å². The Kier molecular flexibility index (Phi) is 4.92. The van der Waals surface area contributed by atoms with E-state index in [4.69, 9.17) is 9.84 Å². The average Bonchev–Trinajstić information content (AvgIpc) is 3.25. The Morgan fingerprint density at radius 1 is 1.46 bits per heavy atom. The fourth-order valence-corrected chi connectivity index (χ4v) is 3.42. The van der Waals surface area contributed by atoms with E-state index in [-0.39, 0.29) is 12.0 Å². The molecule has 6 nitrogen and oxygen atoms in total. The zero-order chi connectivity index (χ0) is 17.1. The number of carbonyl (C=O) groups is 2. The number of nitrogens with zero attached hydrogens (tertiary/aromatic N) is 1. The topological polar surface area (TPSA) is 88.5 Å². The second-order valence-corrected chi connectivity index (χ2v) is 6.60. The van der Waals surface area contributed by atoms with Gasteiger partial charge in [0, 0.05) is 17.7 Å². The van der Waals surface area contributed by atoms with Crippen LogP contribution < -0.4 is 5.32 Å². The van der Waals surface area contributed by atoms with Gasteiger partial charge in [-0.15, -0.1) is 11.3 Å². The molecule has 1 aliphatic rings. The number of hydrogen-bond acceptors (Lipinski definition) is 5. The van der Waals surface area contributed by atoms with Crippen LogP contribution in [-0.2, 0) is 9.53 Å². The van der Waals surface area contributed by atoms with E-state index >= 15 is 0 Å². The molecule has 0 spiro atoms. The Morgan fingerprint density at radius 2 is 2.29 bits per heavy atom. The first-order valence-electron chi connectivity index (χ1n) is 7.75. The maximum Gasteiger partial charge on any atom is 0.310 e. The highest BCUT2D eigenvalue weighted by Crippen LogP contribution is 2.30. The summed E-state index contributed by atoms with van der Waals surface area (Å²) in [5.74, 6) is -1.85. The summed E-state index contributed by atoms with van der Waals surface area (Å²) in [4.78, 5) is 27.8. The fraction of sp³-hybridized carbons (Fsp3) is 0.353. The molecule has 1 amide bonds. The SMILES string of the molecule is CC(C(=O)O)c1cccc(NC(=O)c2csc(C3CCCO3)n2)c1. The van der Waals surface area contributed by atoms with Crippen molar-refractivity contribution in [2.24, 2.45) is 0 Å². The highest BCUT2D eigenvalue weighted by Gasteiger charge is 2.22. The molecule has 2 aromatic rings. The molecule has 1 fully saturated rings. The monoisotopic (exact) mass is 346 g/mol. The quantitative estimate of drug-likeness (QED) is 0.866. The van der Waals surface area contributed by atoms with Crippen LogP contribution >= 0.6 is 11.3 Å². The lowest BCUT2D eigenvalue weighted by Gasteiger charge is -2.09. The van der Waals surface area contributed by atoms with Gasteiger partial charge in [0.05, 0.1) is 5.92 Å². The molecule has 1 saturated heterocycles. The summed E-state index contributed by atoms with van der Waals surface area (Å²) in [5.41, 5.74) is 1.54. The molecule has 2 heterocycles. The van der Waals surface area contributed by atoms with Crippen molar-refractivity contribution in [1.29, 1.82) is 0 Å². The molecule has 1 aromatic heterocycles. The number of benzene rings is 1. The first-order chi connectivity index (χ1) is 11.5. The van der Waals surface area contributed by atoms with Crippen molar-refractivity contribution in [2.75, 3.05) is 11.9 Å². The lowest BCUT2D eigenvalue weighted by molar-refractivity contribution is -0.138. The number of carbonyl (C=O) groups excluding carboxylic acids is 1. The Balaban J connectivity index is 1.70. The number of rotatable bonds is 5. The molecule has 0 radical (unpaired) electrons. The van der Waals surface area contributed by atoms with Crippen LogP contribution in [0.4, 0.5) is 5.69 Å². The third kappa shape index (κ3) is 3.63. The summed E-state index contributed by atoms with van der Waals surface area (Å²) in [7, 11) is 0. The number of aromatic nitrogens is 1. The average molecular weight is 346 g/mol. The largest absolute Gasteiger partial charge is 0.481 e. The minimum atomic E-state index is -0.904. The second kappa shape index (κ2) is 7.11. The summed E-state index contributed by atoms with van der Waals surface area (Å²) in [5, 5.41) is 14.4.